The number of hydrogen-bond acceptors (Lipinski definition) is 1. The highest BCUT2D eigenvalue weighted by atomic mass is 16.4. The third-order valence-corrected chi connectivity index (χ3v) is 2.87. The van der Waals surface area contributed by atoms with E-state index in [2.05, 4.69) is 26.0 Å². The van der Waals surface area contributed by atoms with Gasteiger partial charge in [-0.3, -0.25) is 4.79 Å². The number of rotatable bonds is 4. The van der Waals surface area contributed by atoms with Crippen molar-refractivity contribution >= 4 is 5.97 Å². The van der Waals surface area contributed by atoms with Gasteiger partial charge in [-0.05, 0) is 46.0 Å². The summed E-state index contributed by atoms with van der Waals surface area (Å²) in [5.74, 6) is -0.785. The molecule has 1 rings (SSSR count). The molecule has 0 bridgehead atoms. The fourth-order valence-corrected chi connectivity index (χ4v) is 1.89. The Hall–Kier alpha value is -1.05. The maximum Gasteiger partial charge on any atom is 0.306 e. The molecule has 2 nitrogen and oxygen atoms in total. The summed E-state index contributed by atoms with van der Waals surface area (Å²) >= 11 is 0. The number of hydrogen-bond donors (Lipinski definition) is 1. The van der Waals surface area contributed by atoms with Gasteiger partial charge in [-0.15, -0.1) is 0 Å². The molecule has 0 heterocycles. The number of carboxylic acid groups (broad SMARTS) is 1. The molecule has 0 spiro atoms. The monoisotopic (exact) mass is 208 g/mol. The fourth-order valence-electron chi connectivity index (χ4n) is 1.89. The highest BCUT2D eigenvalue weighted by Gasteiger charge is 2.19. The predicted octanol–water partition coefficient (Wildman–Crippen LogP) is 3.54. The summed E-state index contributed by atoms with van der Waals surface area (Å²) in [7, 11) is 0. The number of carboxylic acids is 1. The molecule has 1 atom stereocenters. The minimum atomic E-state index is -0.644. The molecule has 84 valence electrons. The molecule has 0 fully saturated rings. The molecule has 0 aromatic rings. The predicted molar refractivity (Wildman–Crippen MR) is 61.7 cm³/mol. The van der Waals surface area contributed by atoms with Gasteiger partial charge in [-0.25, -0.2) is 0 Å². The summed E-state index contributed by atoms with van der Waals surface area (Å²) in [6.45, 7) is 4.21. The fraction of sp³-hybridized carbons (Fsp3) is 0.615. The van der Waals surface area contributed by atoms with E-state index < -0.39 is 5.97 Å². The van der Waals surface area contributed by atoms with E-state index >= 15 is 0 Å². The van der Waals surface area contributed by atoms with Gasteiger partial charge in [0.15, 0.2) is 0 Å². The average molecular weight is 208 g/mol. The second-order valence-electron chi connectivity index (χ2n) is 4.49. The molecule has 2 heteroatoms. The van der Waals surface area contributed by atoms with Crippen LogP contribution in [-0.4, -0.2) is 11.1 Å². The van der Waals surface area contributed by atoms with Crippen LogP contribution in [0.3, 0.4) is 0 Å². The number of carbonyl (C=O) groups is 1. The SMILES string of the molecule is CC(C)=CCCC1=CC[C@@H](C(=O)O)CC1. The second kappa shape index (κ2) is 5.74. The van der Waals surface area contributed by atoms with Crippen LogP contribution in [0.15, 0.2) is 23.3 Å². The van der Waals surface area contributed by atoms with Crippen molar-refractivity contribution in [1.29, 1.82) is 0 Å². The van der Waals surface area contributed by atoms with Crippen molar-refractivity contribution in [2.24, 2.45) is 5.92 Å². The van der Waals surface area contributed by atoms with Crippen molar-refractivity contribution in [3.05, 3.63) is 23.3 Å². The maximum absolute atomic E-state index is 10.7. The molecule has 0 amide bonds. The van der Waals surface area contributed by atoms with E-state index in [-0.39, 0.29) is 5.92 Å². The summed E-state index contributed by atoms with van der Waals surface area (Å²) < 4.78 is 0. The summed E-state index contributed by atoms with van der Waals surface area (Å²) in [4.78, 5) is 10.7. The molecule has 0 saturated heterocycles. The summed E-state index contributed by atoms with van der Waals surface area (Å²) in [5, 5.41) is 8.83. The highest BCUT2D eigenvalue weighted by Crippen LogP contribution is 2.26. The lowest BCUT2D eigenvalue weighted by Gasteiger charge is -2.18. The summed E-state index contributed by atoms with van der Waals surface area (Å²) in [6.07, 6.45) is 9.05. The third-order valence-electron chi connectivity index (χ3n) is 2.87. The molecule has 0 unspecified atom stereocenters. The van der Waals surface area contributed by atoms with Crippen LogP contribution in [0.5, 0.6) is 0 Å². The van der Waals surface area contributed by atoms with Crippen molar-refractivity contribution in [1.82, 2.24) is 0 Å². The largest absolute Gasteiger partial charge is 0.481 e. The van der Waals surface area contributed by atoms with E-state index in [0.717, 1.165) is 32.1 Å². The van der Waals surface area contributed by atoms with Crippen molar-refractivity contribution in [3.8, 4) is 0 Å². The zero-order valence-corrected chi connectivity index (χ0v) is 9.62. The van der Waals surface area contributed by atoms with Crippen LogP contribution in [0, 0.1) is 5.92 Å². The molecule has 1 aliphatic rings. The van der Waals surface area contributed by atoms with Gasteiger partial charge in [0.2, 0.25) is 0 Å². The van der Waals surface area contributed by atoms with Gasteiger partial charge in [0.1, 0.15) is 0 Å². The van der Waals surface area contributed by atoms with Crippen LogP contribution in [0.4, 0.5) is 0 Å². The Morgan fingerprint density at radius 2 is 2.33 bits per heavy atom. The Morgan fingerprint density at radius 1 is 1.60 bits per heavy atom. The van der Waals surface area contributed by atoms with Gasteiger partial charge >= 0.3 is 5.97 Å². The van der Waals surface area contributed by atoms with E-state index in [4.69, 9.17) is 5.11 Å². The smallest absolute Gasteiger partial charge is 0.306 e. The molecule has 0 radical (unpaired) electrons. The molecule has 1 aliphatic carbocycles. The Balaban J connectivity index is 2.34. The maximum atomic E-state index is 10.7. The Bertz CT molecular complexity index is 283. The van der Waals surface area contributed by atoms with Gasteiger partial charge in [0.25, 0.3) is 0 Å². The third kappa shape index (κ3) is 4.32. The zero-order valence-electron chi connectivity index (χ0n) is 9.62. The zero-order chi connectivity index (χ0) is 11.3. The molecule has 0 saturated carbocycles. The first-order valence-corrected chi connectivity index (χ1v) is 5.63. The lowest BCUT2D eigenvalue weighted by molar-refractivity contribution is -0.141. The van der Waals surface area contributed by atoms with Crippen LogP contribution < -0.4 is 0 Å². The molecule has 0 aromatic heterocycles. The minimum absolute atomic E-state index is 0.141. The van der Waals surface area contributed by atoms with E-state index in [9.17, 15) is 4.79 Å². The van der Waals surface area contributed by atoms with Gasteiger partial charge in [-0.1, -0.05) is 23.3 Å². The van der Waals surface area contributed by atoms with Gasteiger partial charge in [0, 0.05) is 0 Å². The van der Waals surface area contributed by atoms with Crippen molar-refractivity contribution in [2.45, 2.75) is 46.0 Å². The summed E-state index contributed by atoms with van der Waals surface area (Å²) in [5.41, 5.74) is 2.79. The topological polar surface area (TPSA) is 37.3 Å². The first-order chi connectivity index (χ1) is 7.09. The van der Waals surface area contributed by atoms with Crippen LogP contribution in [0.2, 0.25) is 0 Å². The lowest BCUT2D eigenvalue weighted by Crippen LogP contribution is -2.15. The first kappa shape index (κ1) is 12.0. The molecule has 0 aromatic carbocycles. The molecule has 1 N–H and O–H groups in total. The van der Waals surface area contributed by atoms with E-state index in [0.29, 0.717) is 0 Å². The minimum Gasteiger partial charge on any atom is -0.481 e. The van der Waals surface area contributed by atoms with Gasteiger partial charge in [0.05, 0.1) is 5.92 Å². The quantitative estimate of drug-likeness (QED) is 0.717. The van der Waals surface area contributed by atoms with E-state index in [1.165, 1.54) is 11.1 Å². The van der Waals surface area contributed by atoms with Crippen molar-refractivity contribution < 1.29 is 9.90 Å². The Labute approximate surface area is 91.7 Å². The molecule has 15 heavy (non-hydrogen) atoms. The molecular formula is C13H20O2. The second-order valence-corrected chi connectivity index (χ2v) is 4.49. The summed E-state index contributed by atoms with van der Waals surface area (Å²) in [6, 6.07) is 0. The Morgan fingerprint density at radius 3 is 2.80 bits per heavy atom. The number of aliphatic carboxylic acids is 1. The Kier molecular flexibility index (Phi) is 4.60. The van der Waals surface area contributed by atoms with Crippen LogP contribution in [-0.2, 0) is 4.79 Å². The van der Waals surface area contributed by atoms with E-state index in [1.807, 2.05) is 0 Å². The van der Waals surface area contributed by atoms with E-state index in [1.54, 1.807) is 0 Å². The van der Waals surface area contributed by atoms with Crippen molar-refractivity contribution in [3.63, 3.8) is 0 Å². The molecule has 0 aliphatic heterocycles. The lowest BCUT2D eigenvalue weighted by atomic mass is 9.88. The number of allylic oxidation sites excluding steroid dienone is 4. The first-order valence-electron chi connectivity index (χ1n) is 5.63. The van der Waals surface area contributed by atoms with Gasteiger partial charge in [-0.2, -0.15) is 0 Å². The van der Waals surface area contributed by atoms with Crippen LogP contribution in [0.1, 0.15) is 46.0 Å². The standard InChI is InChI=1S/C13H20O2/c1-10(2)4-3-5-11-6-8-12(9-7-11)13(14)15/h4,6,12H,3,5,7-9H2,1-2H3,(H,14,15)/t12-/m1/s1. The van der Waals surface area contributed by atoms with Crippen LogP contribution >= 0.6 is 0 Å². The highest BCUT2D eigenvalue weighted by molar-refractivity contribution is 5.70. The van der Waals surface area contributed by atoms with Crippen molar-refractivity contribution in [2.75, 3.05) is 0 Å². The van der Waals surface area contributed by atoms with Crippen LogP contribution in [0.25, 0.3) is 0 Å². The molecular weight excluding hydrogens is 188 g/mol. The average Bonchev–Trinajstić information content (AvgIpc) is 2.18. The normalized spacial score (nSPS) is 20.7. The van der Waals surface area contributed by atoms with Gasteiger partial charge < -0.3 is 5.11 Å².